The Morgan fingerprint density at radius 3 is 2.67 bits per heavy atom. The van der Waals surface area contributed by atoms with Crippen LogP contribution in [0.15, 0.2) is 34.9 Å². The minimum Gasteiger partial charge on any atom is -0.463 e. The van der Waals surface area contributed by atoms with Crippen LogP contribution >= 0.6 is 0 Å². The van der Waals surface area contributed by atoms with Gasteiger partial charge in [-0.1, -0.05) is 0 Å². The number of pyridine rings is 1. The standard InChI is InChI=1S/C14H16F2N2O3/c1-9-3-5-11(20-9)14(2,19)8-18-12-6-4-10(7-17-12)21-13(15)16/h3-7,13,19H,8H2,1-2H3,(H,17,18). The summed E-state index contributed by atoms with van der Waals surface area (Å²) in [5, 5.41) is 13.2. The molecule has 0 bridgehead atoms. The van der Waals surface area contributed by atoms with Crippen LogP contribution in [0.5, 0.6) is 5.75 Å². The molecule has 2 heterocycles. The number of aryl methyl sites for hydroxylation is 1. The quantitative estimate of drug-likeness (QED) is 0.858. The van der Waals surface area contributed by atoms with Crippen molar-refractivity contribution in [2.45, 2.75) is 26.1 Å². The Balaban J connectivity index is 1.96. The molecule has 0 fully saturated rings. The zero-order chi connectivity index (χ0) is 15.5. The number of aliphatic hydroxyl groups is 1. The second kappa shape index (κ2) is 6.09. The van der Waals surface area contributed by atoms with Crippen molar-refractivity contribution >= 4 is 5.82 Å². The molecule has 0 aromatic carbocycles. The summed E-state index contributed by atoms with van der Waals surface area (Å²) in [5.74, 6) is 1.55. The number of halogens is 2. The summed E-state index contributed by atoms with van der Waals surface area (Å²) in [7, 11) is 0. The van der Waals surface area contributed by atoms with Gasteiger partial charge in [0.1, 0.15) is 28.7 Å². The minimum absolute atomic E-state index is 0.0241. The lowest BCUT2D eigenvalue weighted by Gasteiger charge is -2.21. The molecule has 0 spiro atoms. The summed E-state index contributed by atoms with van der Waals surface area (Å²) in [5.41, 5.74) is -1.21. The van der Waals surface area contributed by atoms with Crippen LogP contribution in [0.2, 0.25) is 0 Å². The SMILES string of the molecule is Cc1ccc(C(C)(O)CNc2ccc(OC(F)F)cn2)o1. The number of hydrogen-bond donors (Lipinski definition) is 2. The number of ether oxygens (including phenoxy) is 1. The minimum atomic E-state index is -2.88. The maximum absolute atomic E-state index is 12.0. The smallest absolute Gasteiger partial charge is 0.387 e. The van der Waals surface area contributed by atoms with Crippen LogP contribution in [0.25, 0.3) is 0 Å². The Morgan fingerprint density at radius 1 is 1.38 bits per heavy atom. The molecule has 2 rings (SSSR count). The van der Waals surface area contributed by atoms with E-state index in [0.29, 0.717) is 17.3 Å². The lowest BCUT2D eigenvalue weighted by atomic mass is 10.0. The highest BCUT2D eigenvalue weighted by molar-refractivity contribution is 5.38. The highest BCUT2D eigenvalue weighted by atomic mass is 19.3. The van der Waals surface area contributed by atoms with Gasteiger partial charge in [0.25, 0.3) is 0 Å². The number of alkyl halides is 2. The van der Waals surface area contributed by atoms with Gasteiger partial charge in [0, 0.05) is 0 Å². The van der Waals surface area contributed by atoms with Crippen molar-refractivity contribution in [2.24, 2.45) is 0 Å². The van der Waals surface area contributed by atoms with Crippen molar-refractivity contribution in [1.29, 1.82) is 0 Å². The highest BCUT2D eigenvalue weighted by Crippen LogP contribution is 2.23. The van der Waals surface area contributed by atoms with Crippen LogP contribution in [0.3, 0.4) is 0 Å². The van der Waals surface area contributed by atoms with Crippen molar-refractivity contribution in [3.63, 3.8) is 0 Å². The summed E-state index contributed by atoms with van der Waals surface area (Å²) in [6.07, 6.45) is 1.18. The molecule has 0 saturated heterocycles. The van der Waals surface area contributed by atoms with Gasteiger partial charge in [-0.2, -0.15) is 8.78 Å². The third-order valence-electron chi connectivity index (χ3n) is 2.85. The van der Waals surface area contributed by atoms with Crippen molar-refractivity contribution < 1.29 is 23.0 Å². The number of anilines is 1. The lowest BCUT2D eigenvalue weighted by Crippen LogP contribution is -2.30. The van der Waals surface area contributed by atoms with E-state index in [1.54, 1.807) is 26.0 Å². The first-order valence-corrected chi connectivity index (χ1v) is 6.31. The molecule has 0 saturated carbocycles. The van der Waals surface area contributed by atoms with Gasteiger partial charge in [-0.05, 0) is 38.1 Å². The van der Waals surface area contributed by atoms with E-state index >= 15 is 0 Å². The first-order valence-electron chi connectivity index (χ1n) is 6.31. The zero-order valence-electron chi connectivity index (χ0n) is 11.6. The molecule has 2 N–H and O–H groups in total. The Hall–Kier alpha value is -2.15. The molecule has 0 aliphatic carbocycles. The number of furan rings is 1. The van der Waals surface area contributed by atoms with Gasteiger partial charge >= 0.3 is 6.61 Å². The van der Waals surface area contributed by atoms with Crippen LogP contribution in [-0.2, 0) is 5.60 Å². The monoisotopic (exact) mass is 298 g/mol. The molecule has 1 unspecified atom stereocenters. The molecule has 2 aromatic heterocycles. The fraction of sp³-hybridized carbons (Fsp3) is 0.357. The molecule has 1 atom stereocenters. The van der Waals surface area contributed by atoms with Gasteiger partial charge in [-0.25, -0.2) is 4.98 Å². The van der Waals surface area contributed by atoms with Gasteiger partial charge in [0.2, 0.25) is 0 Å². The zero-order valence-corrected chi connectivity index (χ0v) is 11.6. The van der Waals surface area contributed by atoms with E-state index in [1.807, 2.05) is 0 Å². The molecule has 7 heteroatoms. The normalized spacial score (nSPS) is 14.0. The fourth-order valence-electron chi connectivity index (χ4n) is 1.73. The highest BCUT2D eigenvalue weighted by Gasteiger charge is 2.26. The predicted molar refractivity (Wildman–Crippen MR) is 72.4 cm³/mol. The molecule has 0 aliphatic rings. The van der Waals surface area contributed by atoms with Crippen LogP contribution in [0.1, 0.15) is 18.4 Å². The number of nitrogens with one attached hydrogen (secondary N) is 1. The third kappa shape index (κ3) is 4.16. The fourth-order valence-corrected chi connectivity index (χ4v) is 1.73. The summed E-state index contributed by atoms with van der Waals surface area (Å²) in [6.45, 7) is 0.665. The molecule has 0 radical (unpaired) electrons. The maximum Gasteiger partial charge on any atom is 0.387 e. The van der Waals surface area contributed by atoms with E-state index in [0.717, 1.165) is 0 Å². The average Bonchev–Trinajstić information content (AvgIpc) is 2.85. The van der Waals surface area contributed by atoms with Gasteiger partial charge in [-0.3, -0.25) is 0 Å². The molecular formula is C14H16F2N2O3. The van der Waals surface area contributed by atoms with E-state index in [-0.39, 0.29) is 12.3 Å². The Labute approximate surface area is 120 Å². The lowest BCUT2D eigenvalue weighted by molar-refractivity contribution is -0.0500. The van der Waals surface area contributed by atoms with Gasteiger partial charge in [0.05, 0.1) is 12.7 Å². The van der Waals surface area contributed by atoms with Crippen LogP contribution in [0, 0.1) is 6.92 Å². The van der Waals surface area contributed by atoms with E-state index in [4.69, 9.17) is 4.42 Å². The second-order valence-corrected chi connectivity index (χ2v) is 4.80. The molecule has 0 aliphatic heterocycles. The largest absolute Gasteiger partial charge is 0.463 e. The molecule has 0 amide bonds. The molecule has 21 heavy (non-hydrogen) atoms. The molecular weight excluding hydrogens is 282 g/mol. The Morgan fingerprint density at radius 2 is 2.14 bits per heavy atom. The number of rotatable bonds is 6. The van der Waals surface area contributed by atoms with Crippen LogP contribution in [-0.4, -0.2) is 23.2 Å². The first kappa shape index (κ1) is 15.2. The molecule has 5 nitrogen and oxygen atoms in total. The number of nitrogens with zero attached hydrogens (tertiary/aromatic N) is 1. The summed E-state index contributed by atoms with van der Waals surface area (Å²) in [4.78, 5) is 3.92. The predicted octanol–water partition coefficient (Wildman–Crippen LogP) is 2.90. The summed E-state index contributed by atoms with van der Waals surface area (Å²) in [6, 6.07) is 6.32. The molecule has 2 aromatic rings. The van der Waals surface area contributed by atoms with Gasteiger partial charge in [-0.15, -0.1) is 0 Å². The van der Waals surface area contributed by atoms with E-state index in [2.05, 4.69) is 15.0 Å². The topological polar surface area (TPSA) is 67.5 Å². The van der Waals surface area contributed by atoms with Gasteiger partial charge in [0.15, 0.2) is 0 Å². The Bertz CT molecular complexity index is 582. The summed E-state index contributed by atoms with van der Waals surface area (Å²) >= 11 is 0. The number of aromatic nitrogens is 1. The summed E-state index contributed by atoms with van der Waals surface area (Å²) < 4.78 is 33.6. The molecule has 114 valence electrons. The van der Waals surface area contributed by atoms with Crippen LogP contribution < -0.4 is 10.1 Å². The van der Waals surface area contributed by atoms with Crippen molar-refractivity contribution in [3.05, 3.63) is 42.0 Å². The third-order valence-corrected chi connectivity index (χ3v) is 2.85. The maximum atomic E-state index is 12.0. The van der Waals surface area contributed by atoms with E-state index < -0.39 is 12.2 Å². The first-order chi connectivity index (χ1) is 9.87. The van der Waals surface area contributed by atoms with Crippen molar-refractivity contribution in [1.82, 2.24) is 4.98 Å². The average molecular weight is 298 g/mol. The number of hydrogen-bond acceptors (Lipinski definition) is 5. The second-order valence-electron chi connectivity index (χ2n) is 4.80. The van der Waals surface area contributed by atoms with Crippen molar-refractivity contribution in [2.75, 3.05) is 11.9 Å². The van der Waals surface area contributed by atoms with E-state index in [9.17, 15) is 13.9 Å². The van der Waals surface area contributed by atoms with Gasteiger partial charge < -0.3 is 19.6 Å². The Kier molecular flexibility index (Phi) is 4.42. The van der Waals surface area contributed by atoms with Crippen molar-refractivity contribution in [3.8, 4) is 5.75 Å². The van der Waals surface area contributed by atoms with Crippen LogP contribution in [0.4, 0.5) is 14.6 Å². The van der Waals surface area contributed by atoms with E-state index in [1.165, 1.54) is 18.3 Å².